The molecule has 3 atom stereocenters. The first-order valence-electron chi connectivity index (χ1n) is 20.4. The Kier molecular flexibility index (Phi) is 8.10. The van der Waals surface area contributed by atoms with Crippen molar-refractivity contribution in [3.05, 3.63) is 223 Å². The van der Waals surface area contributed by atoms with Crippen LogP contribution >= 0.6 is 11.8 Å². The summed E-state index contributed by atoms with van der Waals surface area (Å²) in [7, 11) is 0. The molecule has 0 saturated heterocycles. The highest BCUT2D eigenvalue weighted by molar-refractivity contribution is 8.00. The van der Waals surface area contributed by atoms with E-state index in [0.29, 0.717) is 17.5 Å². The van der Waals surface area contributed by atoms with Crippen molar-refractivity contribution in [1.29, 1.82) is 0 Å². The Morgan fingerprint density at radius 3 is 1.78 bits per heavy atom. The largest absolute Gasteiger partial charge is 0.256 e. The van der Waals surface area contributed by atoms with Crippen LogP contribution in [0.1, 0.15) is 16.7 Å². The Balaban J connectivity index is 1.08. The fraction of sp³-hybridized carbons (Fsp3) is 0.0545. The molecule has 2 aromatic heterocycles. The van der Waals surface area contributed by atoms with Gasteiger partial charge >= 0.3 is 0 Å². The SMILES string of the molecule is C1=CC2Sc3ccccc3C3(c4cc(-c5cccc(-c6nccc7ccccc67)c5)ccc4-c4ccc(-c5nc(-c6ccccc6)nc(-c6ccccc6)n5)cc43)C2C=C1. The third kappa shape index (κ3) is 5.46. The zero-order valence-electron chi connectivity index (χ0n) is 32.5. The lowest BCUT2D eigenvalue weighted by Crippen LogP contribution is -2.43. The van der Waals surface area contributed by atoms with Crippen molar-refractivity contribution in [2.45, 2.75) is 15.6 Å². The summed E-state index contributed by atoms with van der Waals surface area (Å²) in [5.41, 5.74) is 13.3. The summed E-state index contributed by atoms with van der Waals surface area (Å²) in [6.07, 6.45) is 11.2. The summed E-state index contributed by atoms with van der Waals surface area (Å²) < 4.78 is 0. The molecule has 3 aliphatic rings. The number of benzene rings is 7. The van der Waals surface area contributed by atoms with E-state index in [-0.39, 0.29) is 11.2 Å². The first-order chi connectivity index (χ1) is 29.7. The number of aromatic nitrogens is 4. The number of hydrogen-bond donors (Lipinski definition) is 0. The van der Waals surface area contributed by atoms with Gasteiger partial charge in [0.15, 0.2) is 17.5 Å². The van der Waals surface area contributed by atoms with Gasteiger partial charge in [-0.3, -0.25) is 4.98 Å². The first-order valence-corrected chi connectivity index (χ1v) is 21.3. The second-order valence-electron chi connectivity index (χ2n) is 15.7. The Bertz CT molecular complexity index is 3150. The number of pyridine rings is 1. The lowest BCUT2D eigenvalue weighted by Gasteiger charge is -2.47. The molecule has 1 spiro atoms. The number of nitrogens with zero attached hydrogens (tertiary/aromatic N) is 4. The molecule has 3 heterocycles. The van der Waals surface area contributed by atoms with Crippen molar-refractivity contribution < 1.29 is 0 Å². The summed E-state index contributed by atoms with van der Waals surface area (Å²) in [5, 5.41) is 2.59. The Labute approximate surface area is 353 Å². The average Bonchev–Trinajstić information content (AvgIpc) is 3.61. The maximum absolute atomic E-state index is 5.18. The van der Waals surface area contributed by atoms with Gasteiger partial charge in [-0.25, -0.2) is 15.0 Å². The molecule has 60 heavy (non-hydrogen) atoms. The van der Waals surface area contributed by atoms with Crippen LogP contribution in [0.5, 0.6) is 0 Å². The zero-order valence-corrected chi connectivity index (χ0v) is 33.3. The Hall–Kier alpha value is -7.21. The van der Waals surface area contributed by atoms with Crippen LogP contribution in [0.15, 0.2) is 211 Å². The zero-order chi connectivity index (χ0) is 39.6. The minimum atomic E-state index is -0.475. The maximum Gasteiger partial charge on any atom is 0.164 e. The van der Waals surface area contributed by atoms with E-state index in [1.165, 1.54) is 43.7 Å². The van der Waals surface area contributed by atoms with Crippen molar-refractivity contribution in [3.63, 3.8) is 0 Å². The van der Waals surface area contributed by atoms with Crippen LogP contribution in [0.3, 0.4) is 0 Å². The summed E-state index contributed by atoms with van der Waals surface area (Å²) >= 11 is 1.97. The molecule has 0 amide bonds. The minimum absolute atomic E-state index is 0.164. The lowest BCUT2D eigenvalue weighted by atomic mass is 9.61. The molecule has 1 aliphatic heterocycles. The second-order valence-corrected chi connectivity index (χ2v) is 16.9. The highest BCUT2D eigenvalue weighted by atomic mass is 32.2. The first kappa shape index (κ1) is 34.8. The van der Waals surface area contributed by atoms with Gasteiger partial charge in [-0.2, -0.15) is 0 Å². The normalized spacial score (nSPS) is 18.2. The van der Waals surface area contributed by atoms with Gasteiger partial charge in [-0.05, 0) is 74.7 Å². The topological polar surface area (TPSA) is 51.6 Å². The second kappa shape index (κ2) is 14.0. The molecule has 0 fully saturated rings. The van der Waals surface area contributed by atoms with E-state index in [2.05, 4.69) is 164 Å². The minimum Gasteiger partial charge on any atom is -0.256 e. The van der Waals surface area contributed by atoms with Crippen molar-refractivity contribution in [2.24, 2.45) is 5.92 Å². The van der Waals surface area contributed by atoms with Crippen LogP contribution < -0.4 is 0 Å². The fourth-order valence-corrected chi connectivity index (χ4v) is 11.2. The molecule has 0 bridgehead atoms. The van der Waals surface area contributed by atoms with Gasteiger partial charge in [-0.1, -0.05) is 170 Å². The number of hydrogen-bond acceptors (Lipinski definition) is 5. The smallest absolute Gasteiger partial charge is 0.164 e. The lowest BCUT2D eigenvalue weighted by molar-refractivity contribution is 0.450. The molecule has 282 valence electrons. The summed E-state index contributed by atoms with van der Waals surface area (Å²) in [6.45, 7) is 0. The van der Waals surface area contributed by atoms with Crippen molar-refractivity contribution in [1.82, 2.24) is 19.9 Å². The summed E-state index contributed by atoms with van der Waals surface area (Å²) in [4.78, 5) is 21.6. The highest BCUT2D eigenvalue weighted by Gasteiger charge is 2.55. The van der Waals surface area contributed by atoms with Gasteiger partial charge in [0.1, 0.15) is 0 Å². The third-order valence-corrected chi connectivity index (χ3v) is 13.8. The maximum atomic E-state index is 5.18. The molecule has 12 rings (SSSR count). The molecule has 9 aromatic rings. The van der Waals surface area contributed by atoms with Crippen LogP contribution in [-0.2, 0) is 5.41 Å². The molecule has 7 aromatic carbocycles. The van der Waals surface area contributed by atoms with Crippen LogP contribution in [-0.4, -0.2) is 25.2 Å². The quantitative estimate of drug-likeness (QED) is 0.174. The molecular formula is C55H36N4S. The number of allylic oxidation sites excluding steroid dienone is 3. The molecule has 2 aliphatic carbocycles. The van der Waals surface area contributed by atoms with E-state index in [1.54, 1.807) is 0 Å². The van der Waals surface area contributed by atoms with Gasteiger partial charge in [0.05, 0.1) is 11.1 Å². The van der Waals surface area contributed by atoms with E-state index < -0.39 is 5.41 Å². The highest BCUT2D eigenvalue weighted by Crippen LogP contribution is 2.64. The molecule has 3 unspecified atom stereocenters. The van der Waals surface area contributed by atoms with Crippen LogP contribution in [0.25, 0.3) is 78.4 Å². The van der Waals surface area contributed by atoms with Gasteiger partial charge in [0, 0.05) is 49.9 Å². The third-order valence-electron chi connectivity index (χ3n) is 12.4. The summed E-state index contributed by atoms with van der Waals surface area (Å²) in [6, 6.07) is 63.0. The van der Waals surface area contributed by atoms with Crippen molar-refractivity contribution >= 4 is 22.5 Å². The van der Waals surface area contributed by atoms with Crippen LogP contribution in [0.2, 0.25) is 0 Å². The Morgan fingerprint density at radius 1 is 0.433 bits per heavy atom. The van der Waals surface area contributed by atoms with E-state index in [0.717, 1.165) is 38.9 Å². The Morgan fingerprint density at radius 2 is 1.02 bits per heavy atom. The standard InChI is InChI=1S/C55H36N4S/c1-3-15-36(16-4-1)52-57-53(37-17-5-2-6-18-37)59-54(58-52)41-27-29-44-43-28-26-39(38-19-13-20-40(32-38)51-42-21-8-7-14-35(42)30-31-56-51)33-47(43)55(48(44)34-41)45-22-9-11-24-49(45)60-50-25-12-10-23-46(50)55/h1-34,45,49H. The number of rotatable bonds is 5. The van der Waals surface area contributed by atoms with Gasteiger partial charge in [0.25, 0.3) is 0 Å². The van der Waals surface area contributed by atoms with Crippen molar-refractivity contribution in [3.8, 4) is 67.7 Å². The monoisotopic (exact) mass is 784 g/mol. The number of thioether (sulfide) groups is 1. The predicted molar refractivity (Wildman–Crippen MR) is 245 cm³/mol. The predicted octanol–water partition coefficient (Wildman–Crippen LogP) is 13.3. The van der Waals surface area contributed by atoms with Gasteiger partial charge in [-0.15, -0.1) is 11.8 Å². The summed E-state index contributed by atoms with van der Waals surface area (Å²) in [5.74, 6) is 2.13. The molecule has 5 heteroatoms. The van der Waals surface area contributed by atoms with Gasteiger partial charge < -0.3 is 0 Å². The van der Waals surface area contributed by atoms with E-state index in [9.17, 15) is 0 Å². The average molecular weight is 785 g/mol. The molecule has 0 saturated carbocycles. The molecular weight excluding hydrogens is 749 g/mol. The fourth-order valence-electron chi connectivity index (χ4n) is 9.77. The van der Waals surface area contributed by atoms with E-state index in [1.807, 2.05) is 54.4 Å². The van der Waals surface area contributed by atoms with E-state index >= 15 is 0 Å². The van der Waals surface area contributed by atoms with Crippen LogP contribution in [0, 0.1) is 5.92 Å². The van der Waals surface area contributed by atoms with E-state index in [4.69, 9.17) is 19.9 Å². The molecule has 0 radical (unpaired) electrons. The number of fused-ring (bicyclic) bond motifs is 10. The molecule has 0 N–H and O–H groups in total. The molecule has 4 nitrogen and oxygen atoms in total. The van der Waals surface area contributed by atoms with Crippen LogP contribution in [0.4, 0.5) is 0 Å². The van der Waals surface area contributed by atoms with Crippen molar-refractivity contribution in [2.75, 3.05) is 0 Å². The van der Waals surface area contributed by atoms with Gasteiger partial charge in [0.2, 0.25) is 0 Å².